The van der Waals surface area contributed by atoms with Gasteiger partial charge in [0, 0.05) is 18.1 Å². The second kappa shape index (κ2) is 7.48. The lowest BCUT2D eigenvalue weighted by Gasteiger charge is -2.23. The molecule has 1 atom stereocenters. The highest BCUT2D eigenvalue weighted by Crippen LogP contribution is 2.25. The van der Waals surface area contributed by atoms with E-state index in [1.54, 1.807) is 6.07 Å². The summed E-state index contributed by atoms with van der Waals surface area (Å²) in [5.74, 6) is -2.18. The molecule has 1 saturated heterocycles. The number of halogens is 3. The summed E-state index contributed by atoms with van der Waals surface area (Å²) in [6, 6.07) is 9.84. The largest absolute Gasteiger partial charge is 0.490 e. The lowest BCUT2D eigenvalue weighted by atomic mass is 9.91. The summed E-state index contributed by atoms with van der Waals surface area (Å²) < 4.78 is 31.7. The fourth-order valence-electron chi connectivity index (χ4n) is 2.56. The maximum atomic E-state index is 11.3. The van der Waals surface area contributed by atoms with Crippen molar-refractivity contribution in [2.45, 2.75) is 24.9 Å². The number of rotatable bonds is 1. The number of H-pyrrole nitrogens is 1. The van der Waals surface area contributed by atoms with Crippen molar-refractivity contribution >= 4 is 16.9 Å². The third kappa shape index (κ3) is 4.82. The first-order chi connectivity index (χ1) is 11.3. The first-order valence-corrected chi connectivity index (χ1v) is 7.41. The maximum absolute atomic E-state index is 11.3. The quantitative estimate of drug-likeness (QED) is 0.744. The summed E-state index contributed by atoms with van der Waals surface area (Å²) in [5.41, 5.74) is 2.24. The predicted molar refractivity (Wildman–Crippen MR) is 83.1 cm³/mol. The fraction of sp³-hybridized carbons (Fsp3) is 0.375. The third-order valence-corrected chi connectivity index (χ3v) is 3.76. The van der Waals surface area contributed by atoms with E-state index in [1.807, 2.05) is 6.07 Å². The molecule has 0 spiro atoms. The van der Waals surface area contributed by atoms with Gasteiger partial charge in [0.2, 0.25) is 5.56 Å². The lowest BCUT2D eigenvalue weighted by molar-refractivity contribution is -0.192. The van der Waals surface area contributed by atoms with Crippen molar-refractivity contribution in [3.05, 3.63) is 46.2 Å². The van der Waals surface area contributed by atoms with Crippen molar-refractivity contribution in [1.82, 2.24) is 10.3 Å². The Morgan fingerprint density at radius 1 is 1.21 bits per heavy atom. The van der Waals surface area contributed by atoms with E-state index in [-0.39, 0.29) is 5.56 Å². The molecule has 0 bridgehead atoms. The van der Waals surface area contributed by atoms with Crippen LogP contribution in [0.1, 0.15) is 24.3 Å². The number of aromatic nitrogens is 1. The Labute approximate surface area is 135 Å². The first kappa shape index (κ1) is 18.0. The summed E-state index contributed by atoms with van der Waals surface area (Å²) in [5, 5.41) is 11.6. The second-order valence-electron chi connectivity index (χ2n) is 5.52. The minimum absolute atomic E-state index is 0.0311. The number of carboxylic acids is 1. The molecule has 2 heterocycles. The number of fused-ring (bicyclic) bond motifs is 1. The van der Waals surface area contributed by atoms with E-state index in [0.29, 0.717) is 5.92 Å². The number of nitrogens with one attached hydrogen (secondary N) is 2. The van der Waals surface area contributed by atoms with Crippen LogP contribution in [0.5, 0.6) is 0 Å². The number of pyridine rings is 1. The van der Waals surface area contributed by atoms with Crippen LogP contribution in [0, 0.1) is 0 Å². The first-order valence-electron chi connectivity index (χ1n) is 7.41. The normalized spacial score (nSPS) is 17.9. The molecule has 0 radical (unpaired) electrons. The van der Waals surface area contributed by atoms with Crippen LogP contribution in [0.4, 0.5) is 13.2 Å². The van der Waals surface area contributed by atoms with E-state index in [2.05, 4.69) is 28.5 Å². The highest BCUT2D eigenvalue weighted by atomic mass is 19.4. The highest BCUT2D eigenvalue weighted by Gasteiger charge is 2.38. The number of piperidine rings is 1. The molecule has 5 nitrogen and oxygen atoms in total. The molecule has 1 fully saturated rings. The van der Waals surface area contributed by atoms with Gasteiger partial charge >= 0.3 is 12.1 Å². The van der Waals surface area contributed by atoms with Crippen LogP contribution in [0.15, 0.2) is 35.1 Å². The molecule has 2 aromatic rings. The Hall–Kier alpha value is -2.35. The van der Waals surface area contributed by atoms with Crippen LogP contribution in [-0.4, -0.2) is 35.3 Å². The summed E-state index contributed by atoms with van der Waals surface area (Å²) >= 11 is 0. The van der Waals surface area contributed by atoms with E-state index in [4.69, 9.17) is 9.90 Å². The highest BCUT2D eigenvalue weighted by molar-refractivity contribution is 5.79. The van der Waals surface area contributed by atoms with Crippen molar-refractivity contribution in [2.75, 3.05) is 13.1 Å². The van der Waals surface area contributed by atoms with Gasteiger partial charge in [-0.15, -0.1) is 0 Å². The van der Waals surface area contributed by atoms with Crippen molar-refractivity contribution in [2.24, 2.45) is 0 Å². The van der Waals surface area contributed by atoms with Gasteiger partial charge in [-0.2, -0.15) is 13.2 Å². The molecule has 3 rings (SSSR count). The minimum Gasteiger partial charge on any atom is -0.475 e. The monoisotopic (exact) mass is 342 g/mol. The Kier molecular flexibility index (Phi) is 5.61. The van der Waals surface area contributed by atoms with E-state index < -0.39 is 12.1 Å². The zero-order valence-electron chi connectivity index (χ0n) is 12.7. The number of alkyl halides is 3. The average molecular weight is 342 g/mol. The number of carboxylic acid groups (broad SMARTS) is 1. The zero-order valence-corrected chi connectivity index (χ0v) is 12.7. The molecule has 1 aromatic heterocycles. The SMILES string of the molecule is O=C(O)C(F)(F)F.O=c1ccc2ccc(C3CCCNC3)cc2[nH]1. The molecule has 8 heteroatoms. The topological polar surface area (TPSA) is 82.2 Å². The van der Waals surface area contributed by atoms with Crippen LogP contribution < -0.4 is 10.9 Å². The fourth-order valence-corrected chi connectivity index (χ4v) is 2.56. The molecule has 1 aromatic carbocycles. The van der Waals surface area contributed by atoms with Crippen LogP contribution >= 0.6 is 0 Å². The van der Waals surface area contributed by atoms with Gasteiger partial charge in [0.1, 0.15) is 0 Å². The molecule has 3 N–H and O–H groups in total. The molecule has 1 unspecified atom stereocenters. The summed E-state index contributed by atoms with van der Waals surface area (Å²) in [4.78, 5) is 23.1. The Morgan fingerprint density at radius 3 is 2.46 bits per heavy atom. The van der Waals surface area contributed by atoms with Gasteiger partial charge in [-0.05, 0) is 48.4 Å². The number of hydrogen-bond acceptors (Lipinski definition) is 3. The van der Waals surface area contributed by atoms with E-state index >= 15 is 0 Å². The molecular formula is C16H17F3N2O3. The zero-order chi connectivity index (χ0) is 17.7. The van der Waals surface area contributed by atoms with Gasteiger partial charge in [0.05, 0.1) is 0 Å². The summed E-state index contributed by atoms with van der Waals surface area (Å²) in [6.07, 6.45) is -2.62. The number of hydrogen-bond donors (Lipinski definition) is 3. The Morgan fingerprint density at radius 2 is 1.88 bits per heavy atom. The smallest absolute Gasteiger partial charge is 0.475 e. The maximum Gasteiger partial charge on any atom is 0.490 e. The number of aliphatic carboxylic acids is 1. The molecular weight excluding hydrogens is 325 g/mol. The van der Waals surface area contributed by atoms with Gasteiger partial charge in [-0.3, -0.25) is 4.79 Å². The van der Waals surface area contributed by atoms with Gasteiger partial charge in [0.15, 0.2) is 0 Å². The van der Waals surface area contributed by atoms with E-state index in [9.17, 15) is 18.0 Å². The van der Waals surface area contributed by atoms with Crippen molar-refractivity contribution < 1.29 is 23.1 Å². The predicted octanol–water partition coefficient (Wildman–Crippen LogP) is 2.63. The lowest BCUT2D eigenvalue weighted by Crippen LogP contribution is -2.28. The van der Waals surface area contributed by atoms with Crippen LogP contribution in [0.25, 0.3) is 10.9 Å². The van der Waals surface area contributed by atoms with Crippen molar-refractivity contribution in [3.63, 3.8) is 0 Å². The van der Waals surface area contributed by atoms with Crippen molar-refractivity contribution in [3.8, 4) is 0 Å². The third-order valence-electron chi connectivity index (χ3n) is 3.76. The standard InChI is InChI=1S/C14H16N2O.C2HF3O2/c17-14-6-5-10-3-4-11(8-13(10)16-14)12-2-1-7-15-9-12;3-2(4,5)1(6)7/h3-6,8,12,15H,1-2,7,9H2,(H,16,17);(H,6,7). The molecule has 0 aliphatic carbocycles. The van der Waals surface area contributed by atoms with E-state index in [1.165, 1.54) is 18.4 Å². The van der Waals surface area contributed by atoms with Crippen molar-refractivity contribution in [1.29, 1.82) is 0 Å². The molecule has 1 aliphatic heterocycles. The number of carbonyl (C=O) groups is 1. The molecule has 1 aliphatic rings. The Balaban J connectivity index is 0.000000256. The minimum atomic E-state index is -5.08. The van der Waals surface area contributed by atoms with Gasteiger partial charge < -0.3 is 15.4 Å². The molecule has 0 saturated carbocycles. The average Bonchev–Trinajstić information content (AvgIpc) is 2.54. The van der Waals surface area contributed by atoms with Gasteiger partial charge in [-0.1, -0.05) is 12.1 Å². The van der Waals surface area contributed by atoms with Crippen LogP contribution in [0.3, 0.4) is 0 Å². The summed E-state index contributed by atoms with van der Waals surface area (Å²) in [6.45, 7) is 2.17. The van der Waals surface area contributed by atoms with Crippen LogP contribution in [-0.2, 0) is 4.79 Å². The molecule has 0 amide bonds. The number of aromatic amines is 1. The molecule has 24 heavy (non-hydrogen) atoms. The summed E-state index contributed by atoms with van der Waals surface area (Å²) in [7, 11) is 0. The second-order valence-corrected chi connectivity index (χ2v) is 5.52. The Bertz CT molecular complexity index is 765. The molecule has 130 valence electrons. The number of benzene rings is 1. The van der Waals surface area contributed by atoms with Crippen LogP contribution in [0.2, 0.25) is 0 Å². The van der Waals surface area contributed by atoms with E-state index in [0.717, 1.165) is 24.0 Å². The van der Waals surface area contributed by atoms with Gasteiger partial charge in [-0.25, -0.2) is 4.79 Å². The van der Waals surface area contributed by atoms with Gasteiger partial charge in [0.25, 0.3) is 0 Å².